The minimum Gasteiger partial charge on any atom is -0.493 e. The molecule has 2 aromatic carbocycles. The Morgan fingerprint density at radius 2 is 2.15 bits per heavy atom. The van der Waals surface area contributed by atoms with Crippen molar-refractivity contribution in [2.45, 2.75) is 39.3 Å². The van der Waals surface area contributed by atoms with Gasteiger partial charge in [0, 0.05) is 29.3 Å². The summed E-state index contributed by atoms with van der Waals surface area (Å²) in [6.45, 7) is 3.77. The van der Waals surface area contributed by atoms with E-state index in [0.29, 0.717) is 28.5 Å². The molecule has 1 N–H and O–H groups in total. The molecule has 1 unspecified atom stereocenters. The lowest BCUT2D eigenvalue weighted by Crippen LogP contribution is -2.39. The third-order valence-corrected chi connectivity index (χ3v) is 7.17. The summed E-state index contributed by atoms with van der Waals surface area (Å²) in [5.74, 6) is -0.736. The van der Waals surface area contributed by atoms with Crippen molar-refractivity contribution in [2.75, 3.05) is 6.61 Å². The Kier molecular flexibility index (Phi) is 4.63. The fraction of sp³-hybridized carbons (Fsp3) is 0.286. The zero-order chi connectivity index (χ0) is 23.7. The molecule has 1 aliphatic heterocycles. The van der Waals surface area contributed by atoms with Gasteiger partial charge in [0.25, 0.3) is 0 Å². The highest BCUT2D eigenvalue weighted by Crippen LogP contribution is 2.50. The average molecular weight is 459 g/mol. The van der Waals surface area contributed by atoms with Gasteiger partial charge in [-0.1, -0.05) is 11.6 Å². The van der Waals surface area contributed by atoms with Gasteiger partial charge in [0.1, 0.15) is 17.7 Å². The number of allylic oxidation sites excluding steroid dienone is 1. The summed E-state index contributed by atoms with van der Waals surface area (Å²) in [6, 6.07) is 6.74. The second-order valence-corrected chi connectivity index (χ2v) is 9.37. The van der Waals surface area contributed by atoms with Crippen molar-refractivity contribution in [2.24, 2.45) is 5.92 Å². The van der Waals surface area contributed by atoms with Crippen LogP contribution in [0.25, 0.3) is 22.1 Å². The van der Waals surface area contributed by atoms with Crippen LogP contribution in [-0.4, -0.2) is 22.7 Å². The van der Waals surface area contributed by atoms with Crippen molar-refractivity contribution in [3.8, 4) is 0 Å². The number of alkyl halides is 1. The number of halogens is 2. The van der Waals surface area contributed by atoms with Gasteiger partial charge in [-0.05, 0) is 83.1 Å². The summed E-state index contributed by atoms with van der Waals surface area (Å²) in [5.41, 5.74) is 5.37. The number of aryl methyl sites for hydroxylation is 1. The molecule has 1 saturated carbocycles. The third kappa shape index (κ3) is 3.16. The minimum absolute atomic E-state index is 0.000873. The number of carboxylic acids is 1. The van der Waals surface area contributed by atoms with Crippen LogP contribution in [0.5, 0.6) is 0 Å². The van der Waals surface area contributed by atoms with Crippen LogP contribution in [-0.2, 0) is 22.4 Å². The number of carboxylic acid groups (broad SMARTS) is 1. The minimum atomic E-state index is -1.45. The van der Waals surface area contributed by atoms with Crippen molar-refractivity contribution in [1.82, 2.24) is 4.98 Å². The third-order valence-electron chi connectivity index (χ3n) is 7.17. The van der Waals surface area contributed by atoms with E-state index in [1.807, 2.05) is 19.1 Å². The first-order valence-corrected chi connectivity index (χ1v) is 11.5. The molecule has 2 heterocycles. The van der Waals surface area contributed by atoms with E-state index in [-0.39, 0.29) is 17.9 Å². The van der Waals surface area contributed by atoms with Crippen LogP contribution < -0.4 is 10.6 Å². The van der Waals surface area contributed by atoms with Gasteiger partial charge in [0.2, 0.25) is 0 Å². The molecule has 0 amide bonds. The van der Waals surface area contributed by atoms with Crippen molar-refractivity contribution >= 4 is 28.1 Å². The second kappa shape index (κ2) is 7.49. The van der Waals surface area contributed by atoms with Crippen LogP contribution in [0.4, 0.5) is 8.78 Å². The number of rotatable bonds is 4. The lowest BCUT2D eigenvalue weighted by Gasteiger charge is -2.20. The van der Waals surface area contributed by atoms with Crippen molar-refractivity contribution in [1.29, 1.82) is 0 Å². The number of hydrogen-bond acceptors (Lipinski definition) is 3. The molecule has 2 aliphatic carbocycles. The Balaban J connectivity index is 1.80. The van der Waals surface area contributed by atoms with Crippen LogP contribution in [0.15, 0.2) is 42.1 Å². The number of pyridine rings is 1. The van der Waals surface area contributed by atoms with E-state index < -0.39 is 18.0 Å². The standard InChI is InChI=1S/C28H23F2NO3/c1-13-7-16-8-19(14(2)29)22(30)11-21(16)26(18(13)12-24(32)33)27-20-9-17(20)10-23-25-15(4-6-34-23)3-5-31-28(25)27/h3,5,7-8,10-11,14,20H,4,6,9,12H2,1-2H3,(H,32,33)/t14?,20-/m1/s1. The summed E-state index contributed by atoms with van der Waals surface area (Å²) in [6.07, 6.45) is 3.79. The first-order valence-electron chi connectivity index (χ1n) is 11.5. The molecule has 2 atom stereocenters. The Morgan fingerprint density at radius 1 is 1.32 bits per heavy atom. The normalized spacial score (nSPS) is 19.1. The lowest BCUT2D eigenvalue weighted by molar-refractivity contribution is -0.136. The van der Waals surface area contributed by atoms with Crippen LogP contribution >= 0.6 is 0 Å². The summed E-state index contributed by atoms with van der Waals surface area (Å²) in [7, 11) is 0. The first-order chi connectivity index (χ1) is 16.3. The molecule has 3 aromatic rings. The molecule has 0 spiro atoms. The maximum Gasteiger partial charge on any atom is 0.307 e. The molecule has 6 heteroatoms. The fourth-order valence-corrected chi connectivity index (χ4v) is 5.51. The Bertz CT molecular complexity index is 1570. The van der Waals surface area contributed by atoms with Gasteiger partial charge in [-0.3, -0.25) is 9.78 Å². The number of aliphatic carboxylic acids is 1. The van der Waals surface area contributed by atoms with E-state index in [4.69, 9.17) is 9.72 Å². The van der Waals surface area contributed by atoms with Gasteiger partial charge < -0.3 is 9.84 Å². The Labute approximate surface area is 194 Å². The molecule has 1 fully saturated rings. The molecule has 4 nitrogen and oxygen atoms in total. The van der Waals surface area contributed by atoms with E-state index in [9.17, 15) is 14.3 Å². The number of hydrogen-bond donors (Lipinski definition) is 1. The number of nitrogens with zero attached hydrogens (tertiary/aromatic N) is 1. The molecule has 1 aromatic heterocycles. The highest BCUT2D eigenvalue weighted by molar-refractivity contribution is 5.99. The lowest BCUT2D eigenvalue weighted by atomic mass is 9.85. The summed E-state index contributed by atoms with van der Waals surface area (Å²) in [5, 5.41) is 12.7. The van der Waals surface area contributed by atoms with Crippen LogP contribution in [0.1, 0.15) is 47.3 Å². The van der Waals surface area contributed by atoms with Gasteiger partial charge >= 0.3 is 5.97 Å². The van der Waals surface area contributed by atoms with Gasteiger partial charge in [0.05, 0.1) is 18.4 Å². The first kappa shape index (κ1) is 21.0. The van der Waals surface area contributed by atoms with Gasteiger partial charge in [-0.15, -0.1) is 0 Å². The monoisotopic (exact) mass is 459 g/mol. The van der Waals surface area contributed by atoms with Crippen molar-refractivity contribution < 1.29 is 23.4 Å². The maximum absolute atomic E-state index is 15.1. The molecule has 3 aliphatic rings. The predicted molar refractivity (Wildman–Crippen MR) is 125 cm³/mol. The van der Waals surface area contributed by atoms with E-state index >= 15 is 4.39 Å². The van der Waals surface area contributed by atoms with Crippen LogP contribution in [0, 0.1) is 18.7 Å². The van der Waals surface area contributed by atoms with Crippen molar-refractivity contribution in [3.63, 3.8) is 0 Å². The number of ether oxygens (including phenoxy) is 1. The number of carbonyl (C=O) groups is 1. The summed E-state index contributed by atoms with van der Waals surface area (Å²) in [4.78, 5) is 16.6. The second-order valence-electron chi connectivity index (χ2n) is 9.37. The van der Waals surface area contributed by atoms with Crippen LogP contribution in [0.3, 0.4) is 0 Å². The summed E-state index contributed by atoms with van der Waals surface area (Å²) >= 11 is 0. The molecule has 0 saturated heterocycles. The highest BCUT2D eigenvalue weighted by atomic mass is 19.1. The number of benzene rings is 2. The highest BCUT2D eigenvalue weighted by Gasteiger charge is 2.39. The summed E-state index contributed by atoms with van der Waals surface area (Å²) < 4.78 is 35.2. The quantitative estimate of drug-likeness (QED) is 0.636. The fourth-order valence-electron chi connectivity index (χ4n) is 5.51. The van der Waals surface area contributed by atoms with E-state index in [2.05, 4.69) is 6.08 Å². The molecule has 6 rings (SSSR count). The Morgan fingerprint density at radius 3 is 2.91 bits per heavy atom. The molecular formula is C28H23F2NO3. The SMILES string of the molecule is Cc1cc2cc(C(C)F)c(F)cc2c(C2=c3nccc4c3=C(C=C3C[C@H]32)OCC4)c1CC(=O)O. The maximum atomic E-state index is 15.1. The molecule has 0 bridgehead atoms. The molecule has 34 heavy (non-hydrogen) atoms. The molecular weight excluding hydrogens is 436 g/mol. The zero-order valence-electron chi connectivity index (χ0n) is 18.9. The predicted octanol–water partition coefficient (Wildman–Crippen LogP) is 4.18. The Hall–Kier alpha value is -3.54. The van der Waals surface area contributed by atoms with E-state index in [1.54, 1.807) is 12.3 Å². The van der Waals surface area contributed by atoms with E-state index in [1.165, 1.54) is 18.6 Å². The number of aromatic nitrogens is 1. The molecule has 172 valence electrons. The molecule has 0 radical (unpaired) electrons. The van der Waals surface area contributed by atoms with Crippen molar-refractivity contribution in [3.05, 3.63) is 86.3 Å². The van der Waals surface area contributed by atoms with Gasteiger partial charge in [-0.25, -0.2) is 8.78 Å². The topological polar surface area (TPSA) is 59.4 Å². The van der Waals surface area contributed by atoms with Gasteiger partial charge in [0.15, 0.2) is 0 Å². The van der Waals surface area contributed by atoms with E-state index in [0.717, 1.165) is 45.9 Å². The largest absolute Gasteiger partial charge is 0.493 e. The van der Waals surface area contributed by atoms with Gasteiger partial charge in [-0.2, -0.15) is 0 Å². The zero-order valence-corrected chi connectivity index (χ0v) is 18.9. The smallest absolute Gasteiger partial charge is 0.307 e. The van der Waals surface area contributed by atoms with Crippen LogP contribution in [0.2, 0.25) is 0 Å². The number of fused-ring (bicyclic) bond motifs is 2. The average Bonchev–Trinajstić information content (AvgIpc) is 3.55.